The van der Waals surface area contributed by atoms with Gasteiger partial charge in [0.15, 0.2) is 0 Å². The van der Waals surface area contributed by atoms with Gasteiger partial charge in [-0.2, -0.15) is 0 Å². The summed E-state index contributed by atoms with van der Waals surface area (Å²) in [5.41, 5.74) is 14.0. The summed E-state index contributed by atoms with van der Waals surface area (Å²) < 4.78 is 0. The number of benzene rings is 2. The molecule has 0 aromatic heterocycles. The molecular weight excluding hydrogens is 338 g/mol. The van der Waals surface area contributed by atoms with E-state index in [0.717, 1.165) is 11.1 Å². The van der Waals surface area contributed by atoms with Crippen LogP contribution in [-0.2, 0) is 0 Å². The fourth-order valence-electron chi connectivity index (χ4n) is 1.88. The Labute approximate surface area is 141 Å². The molecule has 2 aromatic rings. The van der Waals surface area contributed by atoms with Gasteiger partial charge in [0.1, 0.15) is 0 Å². The molecule has 0 aliphatic carbocycles. The molecule has 0 saturated heterocycles. The summed E-state index contributed by atoms with van der Waals surface area (Å²) >= 11 is 12.2. The number of rotatable bonds is 3. The standard InChI is InChI=1S/C14H14Cl2N2.2ClH/c15-11-7-3-1-5-9(11)13(17)14(18)10-6-2-4-8-12(10)16;;/h1-8,13-14H,17-18H2;2*1H/t13-,14-;;/m0../s1. The van der Waals surface area contributed by atoms with Crippen molar-refractivity contribution < 1.29 is 0 Å². The molecule has 110 valence electrons. The van der Waals surface area contributed by atoms with Gasteiger partial charge >= 0.3 is 0 Å². The highest BCUT2D eigenvalue weighted by molar-refractivity contribution is 6.31. The van der Waals surface area contributed by atoms with Gasteiger partial charge in [-0.15, -0.1) is 24.8 Å². The van der Waals surface area contributed by atoms with Crippen molar-refractivity contribution in [1.29, 1.82) is 0 Å². The summed E-state index contributed by atoms with van der Waals surface area (Å²) in [6, 6.07) is 14.1. The number of nitrogens with two attached hydrogens (primary N) is 2. The first kappa shape index (κ1) is 19.5. The van der Waals surface area contributed by atoms with E-state index in [4.69, 9.17) is 34.7 Å². The molecule has 20 heavy (non-hydrogen) atoms. The molecular formula is C14H16Cl4N2. The molecule has 0 spiro atoms. The Bertz CT molecular complexity index is 499. The molecule has 2 atom stereocenters. The third-order valence-corrected chi connectivity index (χ3v) is 3.60. The lowest BCUT2D eigenvalue weighted by Gasteiger charge is -2.22. The van der Waals surface area contributed by atoms with Crippen LogP contribution in [0.2, 0.25) is 10.0 Å². The molecule has 0 fully saturated rings. The normalized spacial score (nSPS) is 12.8. The van der Waals surface area contributed by atoms with Crippen LogP contribution in [0.3, 0.4) is 0 Å². The highest BCUT2D eigenvalue weighted by Gasteiger charge is 2.20. The molecule has 4 N–H and O–H groups in total. The lowest BCUT2D eigenvalue weighted by atomic mass is 9.95. The van der Waals surface area contributed by atoms with Crippen molar-refractivity contribution in [1.82, 2.24) is 0 Å². The summed E-state index contributed by atoms with van der Waals surface area (Å²) in [6.45, 7) is 0. The Morgan fingerprint density at radius 1 is 0.650 bits per heavy atom. The van der Waals surface area contributed by atoms with E-state index in [1.54, 1.807) is 12.1 Å². The lowest BCUT2D eigenvalue weighted by molar-refractivity contribution is 0.575. The van der Waals surface area contributed by atoms with Gasteiger partial charge in [-0.05, 0) is 23.3 Å². The summed E-state index contributed by atoms with van der Waals surface area (Å²) in [5, 5.41) is 1.24. The largest absolute Gasteiger partial charge is 0.322 e. The maximum Gasteiger partial charge on any atom is 0.0506 e. The minimum Gasteiger partial charge on any atom is -0.322 e. The van der Waals surface area contributed by atoms with E-state index in [-0.39, 0.29) is 24.8 Å². The monoisotopic (exact) mass is 352 g/mol. The summed E-state index contributed by atoms with van der Waals surface area (Å²) in [5.74, 6) is 0. The fourth-order valence-corrected chi connectivity index (χ4v) is 2.40. The first-order valence-corrected chi connectivity index (χ1v) is 6.37. The Kier molecular flexibility index (Phi) is 8.52. The average Bonchev–Trinajstić information content (AvgIpc) is 2.38. The van der Waals surface area contributed by atoms with Crippen LogP contribution in [0.5, 0.6) is 0 Å². The molecule has 0 saturated carbocycles. The van der Waals surface area contributed by atoms with Crippen molar-refractivity contribution in [2.45, 2.75) is 12.1 Å². The van der Waals surface area contributed by atoms with E-state index < -0.39 is 12.1 Å². The SMILES string of the molecule is Cl.Cl.N[C@@H](c1ccccc1Cl)[C@@H](N)c1ccccc1Cl. The van der Waals surface area contributed by atoms with Gasteiger partial charge in [0.25, 0.3) is 0 Å². The van der Waals surface area contributed by atoms with Crippen LogP contribution in [0.25, 0.3) is 0 Å². The average molecular weight is 354 g/mol. The summed E-state index contributed by atoms with van der Waals surface area (Å²) in [7, 11) is 0. The van der Waals surface area contributed by atoms with Crippen LogP contribution < -0.4 is 11.5 Å². The van der Waals surface area contributed by atoms with Crippen molar-refractivity contribution in [3.8, 4) is 0 Å². The quantitative estimate of drug-likeness (QED) is 0.851. The highest BCUT2D eigenvalue weighted by atomic mass is 35.5. The predicted octanol–water partition coefficient (Wildman–Crippen LogP) is 4.54. The number of hydrogen-bond acceptors (Lipinski definition) is 2. The van der Waals surface area contributed by atoms with Gasteiger partial charge in [-0.1, -0.05) is 59.6 Å². The zero-order valence-electron chi connectivity index (χ0n) is 10.5. The van der Waals surface area contributed by atoms with Crippen LogP contribution in [0.4, 0.5) is 0 Å². The molecule has 0 amide bonds. The minimum absolute atomic E-state index is 0. The topological polar surface area (TPSA) is 52.0 Å². The third-order valence-electron chi connectivity index (χ3n) is 2.92. The second-order valence-corrected chi connectivity index (χ2v) is 4.91. The first-order valence-electron chi connectivity index (χ1n) is 5.61. The van der Waals surface area contributed by atoms with Crippen LogP contribution in [-0.4, -0.2) is 0 Å². The van der Waals surface area contributed by atoms with E-state index in [1.807, 2.05) is 36.4 Å². The van der Waals surface area contributed by atoms with Crippen LogP contribution in [0, 0.1) is 0 Å². The lowest BCUT2D eigenvalue weighted by Crippen LogP contribution is -2.27. The minimum atomic E-state index is -0.390. The predicted molar refractivity (Wildman–Crippen MR) is 91.3 cm³/mol. The smallest absolute Gasteiger partial charge is 0.0506 e. The summed E-state index contributed by atoms with van der Waals surface area (Å²) in [6.07, 6.45) is 0. The van der Waals surface area contributed by atoms with E-state index in [1.165, 1.54) is 0 Å². The van der Waals surface area contributed by atoms with Gasteiger partial charge in [0, 0.05) is 10.0 Å². The Balaban J connectivity index is 0.00000180. The third kappa shape index (κ3) is 4.26. The van der Waals surface area contributed by atoms with Crippen molar-refractivity contribution in [2.24, 2.45) is 11.5 Å². The Morgan fingerprint density at radius 3 is 1.25 bits per heavy atom. The molecule has 0 heterocycles. The van der Waals surface area contributed by atoms with E-state index in [9.17, 15) is 0 Å². The van der Waals surface area contributed by atoms with Crippen LogP contribution in [0.1, 0.15) is 23.2 Å². The zero-order chi connectivity index (χ0) is 13.1. The number of hydrogen-bond donors (Lipinski definition) is 2. The molecule has 2 nitrogen and oxygen atoms in total. The molecule has 6 heteroatoms. The fraction of sp³-hybridized carbons (Fsp3) is 0.143. The second-order valence-electron chi connectivity index (χ2n) is 4.09. The molecule has 2 rings (SSSR count). The molecule has 0 aliphatic heterocycles. The van der Waals surface area contributed by atoms with E-state index in [0.29, 0.717) is 10.0 Å². The molecule has 2 aromatic carbocycles. The maximum atomic E-state index is 6.17. The second kappa shape index (κ2) is 8.73. The maximum absolute atomic E-state index is 6.17. The molecule has 0 unspecified atom stereocenters. The Hall–Kier alpha value is -0.480. The molecule has 0 aliphatic rings. The van der Waals surface area contributed by atoms with Crippen molar-refractivity contribution in [2.75, 3.05) is 0 Å². The van der Waals surface area contributed by atoms with Gasteiger partial charge in [0.05, 0.1) is 12.1 Å². The van der Waals surface area contributed by atoms with Crippen LogP contribution >= 0.6 is 48.0 Å². The van der Waals surface area contributed by atoms with Crippen molar-refractivity contribution >= 4 is 48.0 Å². The first-order chi connectivity index (χ1) is 8.61. The molecule has 0 radical (unpaired) electrons. The van der Waals surface area contributed by atoms with Gasteiger partial charge < -0.3 is 11.5 Å². The van der Waals surface area contributed by atoms with Crippen molar-refractivity contribution in [3.05, 3.63) is 69.7 Å². The van der Waals surface area contributed by atoms with Gasteiger partial charge in [-0.3, -0.25) is 0 Å². The van der Waals surface area contributed by atoms with Gasteiger partial charge in [0.2, 0.25) is 0 Å². The zero-order valence-corrected chi connectivity index (χ0v) is 13.6. The van der Waals surface area contributed by atoms with Crippen molar-refractivity contribution in [3.63, 3.8) is 0 Å². The van der Waals surface area contributed by atoms with E-state index in [2.05, 4.69) is 0 Å². The summed E-state index contributed by atoms with van der Waals surface area (Å²) in [4.78, 5) is 0. The highest BCUT2D eigenvalue weighted by Crippen LogP contribution is 2.32. The van der Waals surface area contributed by atoms with E-state index >= 15 is 0 Å². The Morgan fingerprint density at radius 2 is 0.950 bits per heavy atom. The van der Waals surface area contributed by atoms with Crippen LogP contribution in [0.15, 0.2) is 48.5 Å². The van der Waals surface area contributed by atoms with Gasteiger partial charge in [-0.25, -0.2) is 0 Å². The number of halogens is 4. The molecule has 0 bridgehead atoms.